The molecule has 2 nitrogen and oxygen atoms in total. The van der Waals surface area contributed by atoms with Crippen LogP contribution < -0.4 is 0 Å². The van der Waals surface area contributed by atoms with Crippen LogP contribution in [0, 0.1) is 0 Å². The summed E-state index contributed by atoms with van der Waals surface area (Å²) >= 11 is 3.21. The number of hydrogen-bond donors (Lipinski definition) is 1. The van der Waals surface area contributed by atoms with Crippen LogP contribution >= 0.6 is 23.5 Å². The lowest BCUT2D eigenvalue weighted by Crippen LogP contribution is -2.30. The number of thioether (sulfide) groups is 2. The van der Waals surface area contributed by atoms with E-state index in [1.54, 1.807) is 18.7 Å². The van der Waals surface area contributed by atoms with Crippen molar-refractivity contribution >= 4 is 29.5 Å². The Kier molecular flexibility index (Phi) is 1.96. The van der Waals surface area contributed by atoms with E-state index in [0.29, 0.717) is 0 Å². The average molecular weight is 164 g/mol. The van der Waals surface area contributed by atoms with E-state index in [4.69, 9.17) is 5.11 Å². The SMILES string of the molecule is CC1(C(=O)O)CSCS1. The second kappa shape index (κ2) is 2.42. The van der Waals surface area contributed by atoms with Crippen LogP contribution in [0.2, 0.25) is 0 Å². The van der Waals surface area contributed by atoms with Gasteiger partial charge in [-0.2, -0.15) is 0 Å². The second-order valence-electron chi connectivity index (χ2n) is 2.15. The van der Waals surface area contributed by atoms with Crippen molar-refractivity contribution in [2.24, 2.45) is 0 Å². The Hall–Kier alpha value is 0.170. The fraction of sp³-hybridized carbons (Fsp3) is 0.800. The Morgan fingerprint density at radius 1 is 1.78 bits per heavy atom. The van der Waals surface area contributed by atoms with Crippen LogP contribution in [0.3, 0.4) is 0 Å². The summed E-state index contributed by atoms with van der Waals surface area (Å²) in [5.74, 6) is 0.0602. The number of carbonyl (C=O) groups is 1. The van der Waals surface area contributed by atoms with Crippen molar-refractivity contribution in [1.82, 2.24) is 0 Å². The molecule has 0 amide bonds. The highest BCUT2D eigenvalue weighted by molar-refractivity contribution is 8.20. The van der Waals surface area contributed by atoms with Crippen molar-refractivity contribution in [1.29, 1.82) is 0 Å². The Morgan fingerprint density at radius 3 is 2.67 bits per heavy atom. The van der Waals surface area contributed by atoms with Gasteiger partial charge in [0.1, 0.15) is 4.75 Å². The minimum atomic E-state index is -0.683. The largest absolute Gasteiger partial charge is 0.480 e. The molecule has 1 unspecified atom stereocenters. The van der Waals surface area contributed by atoms with Crippen LogP contribution in [-0.2, 0) is 4.79 Å². The first kappa shape index (κ1) is 7.28. The normalized spacial score (nSPS) is 34.8. The number of aliphatic carboxylic acids is 1. The van der Waals surface area contributed by atoms with Gasteiger partial charge in [-0.1, -0.05) is 0 Å². The molecule has 0 spiro atoms. The Balaban J connectivity index is 2.61. The molecule has 1 aliphatic rings. The summed E-state index contributed by atoms with van der Waals surface area (Å²) < 4.78 is -0.509. The van der Waals surface area contributed by atoms with Gasteiger partial charge in [-0.05, 0) is 6.92 Å². The molecular formula is C5H8O2S2. The molecule has 1 N–H and O–H groups in total. The number of rotatable bonds is 1. The zero-order valence-corrected chi connectivity index (χ0v) is 6.72. The fourth-order valence-electron chi connectivity index (χ4n) is 0.573. The molecular weight excluding hydrogens is 156 g/mol. The second-order valence-corrected chi connectivity index (χ2v) is 4.98. The molecule has 1 aliphatic heterocycles. The van der Waals surface area contributed by atoms with E-state index in [0.717, 1.165) is 10.8 Å². The molecule has 1 atom stereocenters. The van der Waals surface area contributed by atoms with Crippen LogP contribution in [-0.4, -0.2) is 26.7 Å². The third-order valence-corrected chi connectivity index (χ3v) is 4.35. The highest BCUT2D eigenvalue weighted by Crippen LogP contribution is 2.39. The van der Waals surface area contributed by atoms with E-state index in [-0.39, 0.29) is 0 Å². The predicted octanol–water partition coefficient (Wildman–Crippen LogP) is 1.27. The zero-order valence-electron chi connectivity index (χ0n) is 5.09. The van der Waals surface area contributed by atoms with Crippen LogP contribution in [0.4, 0.5) is 0 Å². The van der Waals surface area contributed by atoms with Gasteiger partial charge >= 0.3 is 5.97 Å². The lowest BCUT2D eigenvalue weighted by atomic mass is 10.2. The summed E-state index contributed by atoms with van der Waals surface area (Å²) in [4.78, 5) is 10.5. The molecule has 4 heteroatoms. The average Bonchev–Trinajstić information content (AvgIpc) is 2.16. The maximum absolute atomic E-state index is 10.5. The van der Waals surface area contributed by atoms with Crippen molar-refractivity contribution in [3.05, 3.63) is 0 Å². The molecule has 0 aromatic rings. The van der Waals surface area contributed by atoms with Gasteiger partial charge < -0.3 is 5.11 Å². The number of carboxylic acid groups (broad SMARTS) is 1. The van der Waals surface area contributed by atoms with Crippen LogP contribution in [0.15, 0.2) is 0 Å². The highest BCUT2D eigenvalue weighted by Gasteiger charge is 2.37. The molecule has 1 fully saturated rings. The van der Waals surface area contributed by atoms with Gasteiger partial charge in [0.05, 0.1) is 0 Å². The minimum Gasteiger partial charge on any atom is -0.480 e. The lowest BCUT2D eigenvalue weighted by molar-refractivity contribution is -0.138. The van der Waals surface area contributed by atoms with Gasteiger partial charge in [0.25, 0.3) is 0 Å². The van der Waals surface area contributed by atoms with E-state index in [2.05, 4.69) is 0 Å². The molecule has 0 aromatic heterocycles. The van der Waals surface area contributed by atoms with Crippen molar-refractivity contribution in [3.63, 3.8) is 0 Å². The quantitative estimate of drug-likeness (QED) is 0.633. The molecule has 0 aromatic carbocycles. The topological polar surface area (TPSA) is 37.3 Å². The Labute approximate surface area is 62.4 Å². The summed E-state index contributed by atoms with van der Waals surface area (Å²) in [5.41, 5.74) is 0. The molecule has 0 radical (unpaired) electrons. The Morgan fingerprint density at radius 2 is 2.44 bits per heavy atom. The monoisotopic (exact) mass is 164 g/mol. The molecule has 52 valence electrons. The van der Waals surface area contributed by atoms with Crippen molar-refractivity contribution in [2.45, 2.75) is 11.7 Å². The van der Waals surface area contributed by atoms with Gasteiger partial charge in [-0.3, -0.25) is 4.79 Å². The third-order valence-electron chi connectivity index (χ3n) is 1.29. The maximum Gasteiger partial charge on any atom is 0.320 e. The molecule has 1 heterocycles. The smallest absolute Gasteiger partial charge is 0.320 e. The first-order chi connectivity index (χ1) is 4.15. The van der Waals surface area contributed by atoms with Crippen LogP contribution in [0.1, 0.15) is 6.92 Å². The summed E-state index contributed by atoms with van der Waals surface area (Å²) in [7, 11) is 0. The van der Waals surface area contributed by atoms with Crippen molar-refractivity contribution in [3.8, 4) is 0 Å². The van der Waals surface area contributed by atoms with Crippen molar-refractivity contribution < 1.29 is 9.90 Å². The van der Waals surface area contributed by atoms with Gasteiger partial charge in [-0.15, -0.1) is 23.5 Å². The summed E-state index contributed by atoms with van der Waals surface area (Å²) in [5, 5.41) is 9.56. The van der Waals surface area contributed by atoms with E-state index < -0.39 is 10.7 Å². The van der Waals surface area contributed by atoms with E-state index in [9.17, 15) is 4.79 Å². The summed E-state index contributed by atoms with van der Waals surface area (Å²) in [6, 6.07) is 0. The van der Waals surface area contributed by atoms with E-state index >= 15 is 0 Å². The summed E-state index contributed by atoms with van der Waals surface area (Å²) in [6.45, 7) is 1.78. The van der Waals surface area contributed by atoms with Crippen LogP contribution in [0.25, 0.3) is 0 Å². The van der Waals surface area contributed by atoms with E-state index in [1.807, 2.05) is 0 Å². The van der Waals surface area contributed by atoms with Gasteiger partial charge in [-0.25, -0.2) is 0 Å². The van der Waals surface area contributed by atoms with Crippen molar-refractivity contribution in [2.75, 3.05) is 10.8 Å². The van der Waals surface area contributed by atoms with Gasteiger partial charge in [0.2, 0.25) is 0 Å². The molecule has 0 saturated carbocycles. The Bertz CT molecular complexity index is 129. The first-order valence-corrected chi connectivity index (χ1v) is 4.74. The third kappa shape index (κ3) is 1.35. The zero-order chi connectivity index (χ0) is 6.91. The predicted molar refractivity (Wildman–Crippen MR) is 41.0 cm³/mol. The minimum absolute atomic E-state index is 0.509. The lowest BCUT2D eigenvalue weighted by Gasteiger charge is -2.13. The molecule has 1 saturated heterocycles. The standard InChI is InChI=1S/C5H8O2S2/c1-5(4(6)7)2-8-3-9-5/h2-3H2,1H3,(H,6,7). The fourth-order valence-corrected chi connectivity index (χ4v) is 3.50. The van der Waals surface area contributed by atoms with Gasteiger partial charge in [0, 0.05) is 10.8 Å². The molecule has 0 bridgehead atoms. The molecule has 9 heavy (non-hydrogen) atoms. The van der Waals surface area contributed by atoms with Crippen LogP contribution in [0.5, 0.6) is 0 Å². The maximum atomic E-state index is 10.5. The molecule has 0 aliphatic carbocycles. The first-order valence-electron chi connectivity index (χ1n) is 2.60. The number of hydrogen-bond acceptors (Lipinski definition) is 3. The highest BCUT2D eigenvalue weighted by atomic mass is 32.2. The van der Waals surface area contributed by atoms with Gasteiger partial charge in [0.15, 0.2) is 0 Å². The molecule has 1 rings (SSSR count). The summed E-state index contributed by atoms with van der Waals surface area (Å²) in [6.07, 6.45) is 0. The number of carboxylic acids is 1. The van der Waals surface area contributed by atoms with E-state index in [1.165, 1.54) is 11.8 Å².